The first-order valence-electron chi connectivity index (χ1n) is 9.80. The number of nitrogens with one attached hydrogen (secondary N) is 1. The summed E-state index contributed by atoms with van der Waals surface area (Å²) in [6.07, 6.45) is 1.48. The van der Waals surface area contributed by atoms with Gasteiger partial charge in [-0.25, -0.2) is 4.79 Å². The molecule has 2 aromatic rings. The minimum Gasteiger partial charge on any atom is -0.468 e. The number of hydrogen-bond donors (Lipinski definition) is 2. The summed E-state index contributed by atoms with van der Waals surface area (Å²) in [5, 5.41) is 0. The molecule has 1 aliphatic heterocycles. The minimum atomic E-state index is -0.333. The molecule has 11 heteroatoms. The maximum absolute atomic E-state index is 12.2. The van der Waals surface area contributed by atoms with Crippen molar-refractivity contribution in [2.75, 3.05) is 40.0 Å². The zero-order chi connectivity index (χ0) is 22.8. The van der Waals surface area contributed by atoms with Gasteiger partial charge in [0.05, 0.1) is 38.3 Å². The summed E-state index contributed by atoms with van der Waals surface area (Å²) in [7, 11) is 2.96. The fraction of sp³-hybridized carbons (Fsp3) is 0.500. The molecule has 0 unspecified atom stereocenters. The summed E-state index contributed by atoms with van der Waals surface area (Å²) < 4.78 is 14.5. The average molecular weight is 452 g/mol. The van der Waals surface area contributed by atoms with Crippen molar-refractivity contribution >= 4 is 18.8 Å². The second-order valence-electron chi connectivity index (χ2n) is 7.06. The Morgan fingerprint density at radius 1 is 1.23 bits per heavy atom. The highest BCUT2D eigenvalue weighted by molar-refractivity contribution is 7.78. The highest BCUT2D eigenvalue weighted by Gasteiger charge is 2.13. The Bertz CT molecular complexity index is 985. The molecule has 3 heterocycles. The van der Waals surface area contributed by atoms with E-state index in [1.165, 1.54) is 28.5 Å². The Labute approximate surface area is 186 Å². The number of carbonyl (C=O) groups is 1. The predicted molar refractivity (Wildman–Crippen MR) is 119 cm³/mol. The summed E-state index contributed by atoms with van der Waals surface area (Å²) in [6.45, 7) is 6.36. The van der Waals surface area contributed by atoms with Crippen molar-refractivity contribution in [3.05, 3.63) is 62.2 Å². The monoisotopic (exact) mass is 451 g/mol. The lowest BCUT2D eigenvalue weighted by atomic mass is 10.2. The van der Waals surface area contributed by atoms with E-state index in [1.807, 2.05) is 19.1 Å². The molecule has 10 nitrogen and oxygen atoms in total. The zero-order valence-electron chi connectivity index (χ0n) is 18.0. The van der Waals surface area contributed by atoms with Crippen LogP contribution in [0.25, 0.3) is 0 Å². The van der Waals surface area contributed by atoms with Crippen LogP contribution in [-0.4, -0.2) is 64.9 Å². The van der Waals surface area contributed by atoms with Crippen molar-refractivity contribution in [2.24, 2.45) is 7.05 Å². The molecule has 0 spiro atoms. The van der Waals surface area contributed by atoms with Gasteiger partial charge in [0.25, 0.3) is 5.56 Å². The van der Waals surface area contributed by atoms with Crippen molar-refractivity contribution in [2.45, 2.75) is 20.0 Å². The molecule has 0 aliphatic carbocycles. The summed E-state index contributed by atoms with van der Waals surface area (Å²) in [5.74, 6) is -0.310. The van der Waals surface area contributed by atoms with Gasteiger partial charge in [-0.1, -0.05) is 12.8 Å². The Balaban J connectivity index is 0.000000423. The third-order valence-corrected chi connectivity index (χ3v) is 4.73. The van der Waals surface area contributed by atoms with Crippen molar-refractivity contribution in [1.29, 1.82) is 0 Å². The lowest BCUT2D eigenvalue weighted by molar-refractivity contribution is -0.139. The molecule has 1 N–H and O–H groups in total. The smallest absolute Gasteiger partial charge is 0.331 e. The van der Waals surface area contributed by atoms with Crippen molar-refractivity contribution in [3.8, 4) is 0 Å². The SMILES string of the molecule is COC(=O)CNS.Cc1cc(CN2CCOCC2)nc(Cn2c(=O)ccn(C)c2=O)c1. The van der Waals surface area contributed by atoms with Crippen molar-refractivity contribution < 1.29 is 14.3 Å². The van der Waals surface area contributed by atoms with Crippen LogP contribution in [0.4, 0.5) is 0 Å². The Morgan fingerprint density at radius 2 is 1.87 bits per heavy atom. The summed E-state index contributed by atoms with van der Waals surface area (Å²) in [5.41, 5.74) is 2.11. The first kappa shape index (κ1) is 24.8. The van der Waals surface area contributed by atoms with Crippen molar-refractivity contribution in [3.63, 3.8) is 0 Å². The van der Waals surface area contributed by atoms with Crippen LogP contribution in [0.2, 0.25) is 0 Å². The number of pyridine rings is 1. The number of nitrogens with zero attached hydrogens (tertiary/aromatic N) is 4. The van der Waals surface area contributed by atoms with Gasteiger partial charge in [0.15, 0.2) is 0 Å². The number of morpholine rings is 1. The van der Waals surface area contributed by atoms with Crippen LogP contribution in [0.5, 0.6) is 0 Å². The van der Waals surface area contributed by atoms with Gasteiger partial charge in [-0.15, -0.1) is 0 Å². The molecule has 0 bridgehead atoms. The van der Waals surface area contributed by atoms with Crippen LogP contribution >= 0.6 is 12.8 Å². The van der Waals surface area contributed by atoms with Gasteiger partial charge in [0, 0.05) is 38.9 Å². The topological polar surface area (TPSA) is 108 Å². The summed E-state index contributed by atoms with van der Waals surface area (Å²) >= 11 is 3.56. The lowest BCUT2D eigenvalue weighted by Crippen LogP contribution is -2.38. The van der Waals surface area contributed by atoms with E-state index in [4.69, 9.17) is 4.74 Å². The fourth-order valence-electron chi connectivity index (χ4n) is 3.02. The third-order valence-electron chi connectivity index (χ3n) is 4.58. The number of esters is 1. The maximum Gasteiger partial charge on any atom is 0.331 e. The molecule has 0 saturated carbocycles. The van der Waals surface area contributed by atoms with Crippen LogP contribution in [0.1, 0.15) is 17.0 Å². The fourth-order valence-corrected chi connectivity index (χ4v) is 3.15. The number of methoxy groups -OCH3 is 1. The molecule has 1 aliphatic rings. The van der Waals surface area contributed by atoms with Crippen LogP contribution in [0.3, 0.4) is 0 Å². The molecule has 1 saturated heterocycles. The van der Waals surface area contributed by atoms with Gasteiger partial charge >= 0.3 is 11.7 Å². The zero-order valence-corrected chi connectivity index (χ0v) is 18.9. The van der Waals surface area contributed by atoms with Gasteiger partial charge in [0.2, 0.25) is 0 Å². The number of carbonyl (C=O) groups excluding carboxylic acids is 1. The Morgan fingerprint density at radius 3 is 2.45 bits per heavy atom. The standard InChI is InChI=1S/C17H22N4O3.C3H7NO2S/c1-13-9-14(11-20-5-7-24-8-6-20)18-15(10-13)12-21-16(22)3-4-19(2)17(21)23;1-6-3(5)2-4-7/h3-4,9-10H,5-8,11-12H2,1-2H3;4,7H,2H2,1H3. The minimum absolute atomic E-state index is 0.152. The van der Waals surface area contributed by atoms with Gasteiger partial charge in [0.1, 0.15) is 6.54 Å². The quantitative estimate of drug-likeness (QED) is 0.456. The van der Waals surface area contributed by atoms with Gasteiger partial charge in [-0.3, -0.25) is 28.8 Å². The molecule has 0 radical (unpaired) electrons. The molecule has 31 heavy (non-hydrogen) atoms. The first-order valence-corrected chi connectivity index (χ1v) is 10.3. The third kappa shape index (κ3) is 7.94. The number of ether oxygens (including phenoxy) is 2. The van der Waals surface area contributed by atoms with E-state index in [9.17, 15) is 14.4 Å². The first-order chi connectivity index (χ1) is 14.8. The molecule has 3 rings (SSSR count). The maximum atomic E-state index is 12.2. The Kier molecular flexibility index (Phi) is 9.92. The highest BCUT2D eigenvalue weighted by Crippen LogP contribution is 2.10. The number of rotatable bonds is 6. The van der Waals surface area contributed by atoms with Gasteiger partial charge in [-0.2, -0.15) is 0 Å². The largest absolute Gasteiger partial charge is 0.468 e. The molecular weight excluding hydrogens is 422 g/mol. The second kappa shape index (κ2) is 12.4. The summed E-state index contributed by atoms with van der Waals surface area (Å²) in [4.78, 5) is 41.2. The van der Waals surface area contributed by atoms with E-state index in [0.29, 0.717) is 0 Å². The normalized spacial score (nSPS) is 13.9. The van der Waals surface area contributed by atoms with Gasteiger partial charge in [-0.05, 0) is 24.6 Å². The number of thiol groups is 1. The molecule has 0 aromatic carbocycles. The highest BCUT2D eigenvalue weighted by atomic mass is 32.1. The van der Waals surface area contributed by atoms with E-state index < -0.39 is 0 Å². The Hall–Kier alpha value is -2.47. The van der Waals surface area contributed by atoms with Crippen molar-refractivity contribution in [1.82, 2.24) is 23.7 Å². The molecular formula is C20H29N5O5S. The second-order valence-corrected chi connectivity index (χ2v) is 7.38. The molecule has 170 valence electrons. The van der Waals surface area contributed by atoms with Crippen LogP contribution < -0.4 is 16.0 Å². The van der Waals surface area contributed by atoms with E-state index in [0.717, 1.165) is 49.8 Å². The van der Waals surface area contributed by atoms with Crippen LogP contribution in [-0.2, 0) is 34.4 Å². The van der Waals surface area contributed by atoms with E-state index in [1.54, 1.807) is 7.05 Å². The average Bonchev–Trinajstić information content (AvgIpc) is 2.75. The van der Waals surface area contributed by atoms with Gasteiger partial charge < -0.3 is 14.0 Å². The number of aryl methyl sites for hydroxylation is 2. The molecule has 0 amide bonds. The molecule has 2 aromatic heterocycles. The van der Waals surface area contributed by atoms with E-state index in [-0.39, 0.29) is 30.3 Å². The molecule has 1 fully saturated rings. The van der Waals surface area contributed by atoms with E-state index >= 15 is 0 Å². The van der Waals surface area contributed by atoms with Crippen LogP contribution in [0.15, 0.2) is 34.0 Å². The number of aromatic nitrogens is 3. The summed E-state index contributed by atoms with van der Waals surface area (Å²) in [6, 6.07) is 5.36. The lowest BCUT2D eigenvalue weighted by Gasteiger charge is -2.26. The van der Waals surface area contributed by atoms with E-state index in [2.05, 4.69) is 32.2 Å². The molecule has 0 atom stereocenters. The number of hydrogen-bond acceptors (Lipinski definition) is 9. The van der Waals surface area contributed by atoms with Crippen LogP contribution in [0, 0.1) is 6.92 Å². The predicted octanol–water partition coefficient (Wildman–Crippen LogP) is -0.275.